The van der Waals surface area contributed by atoms with Gasteiger partial charge in [0, 0.05) is 13.1 Å². The van der Waals surface area contributed by atoms with Crippen LogP contribution >= 0.6 is 0 Å². The van der Waals surface area contributed by atoms with Gasteiger partial charge in [-0.25, -0.2) is 4.39 Å². The van der Waals surface area contributed by atoms with E-state index in [0.717, 1.165) is 19.0 Å². The molecular formula is C15H22FNO. The molecule has 1 aliphatic rings. The van der Waals surface area contributed by atoms with Gasteiger partial charge in [-0.1, -0.05) is 12.5 Å². The number of anilines is 1. The van der Waals surface area contributed by atoms with Crippen LogP contribution in [0.25, 0.3) is 0 Å². The third kappa shape index (κ3) is 2.83. The molecule has 0 bridgehead atoms. The second-order valence-corrected chi connectivity index (χ2v) is 5.22. The summed E-state index contributed by atoms with van der Waals surface area (Å²) in [5.41, 5.74) is 1.30. The van der Waals surface area contributed by atoms with Crippen molar-refractivity contribution in [2.75, 3.05) is 18.0 Å². The molecule has 0 amide bonds. The molecule has 1 N–H and O–H groups in total. The van der Waals surface area contributed by atoms with Crippen molar-refractivity contribution in [1.82, 2.24) is 0 Å². The van der Waals surface area contributed by atoms with Crippen molar-refractivity contribution in [3.8, 4) is 0 Å². The van der Waals surface area contributed by atoms with Gasteiger partial charge < -0.3 is 10.0 Å². The molecule has 1 atom stereocenters. The summed E-state index contributed by atoms with van der Waals surface area (Å²) in [5.74, 6) is 0.496. The monoisotopic (exact) mass is 251 g/mol. The zero-order valence-electron chi connectivity index (χ0n) is 11.2. The first-order valence-corrected chi connectivity index (χ1v) is 6.84. The Morgan fingerprint density at radius 2 is 2.17 bits per heavy atom. The lowest BCUT2D eigenvalue weighted by atomic mass is 9.85. The fraction of sp³-hybridized carbons (Fsp3) is 0.600. The second-order valence-electron chi connectivity index (χ2n) is 5.22. The number of hydrogen-bond acceptors (Lipinski definition) is 2. The maximum absolute atomic E-state index is 14.1. The Kier molecular flexibility index (Phi) is 4.23. The molecule has 1 aromatic rings. The summed E-state index contributed by atoms with van der Waals surface area (Å²) in [6.07, 6.45) is 3.23. The number of benzene rings is 1. The second kappa shape index (κ2) is 5.70. The highest BCUT2D eigenvalue weighted by molar-refractivity contribution is 5.49. The van der Waals surface area contributed by atoms with E-state index in [0.29, 0.717) is 11.3 Å². The van der Waals surface area contributed by atoms with Crippen LogP contribution in [0, 0.1) is 11.7 Å². The van der Waals surface area contributed by atoms with Crippen LogP contribution in [0.2, 0.25) is 0 Å². The van der Waals surface area contributed by atoms with Crippen LogP contribution in [0.1, 0.15) is 44.8 Å². The summed E-state index contributed by atoms with van der Waals surface area (Å²) >= 11 is 0. The Bertz CT molecular complexity index is 401. The first-order chi connectivity index (χ1) is 8.61. The van der Waals surface area contributed by atoms with Gasteiger partial charge in [-0.15, -0.1) is 0 Å². The quantitative estimate of drug-likeness (QED) is 0.865. The molecule has 1 unspecified atom stereocenters. The van der Waals surface area contributed by atoms with Crippen LogP contribution in [0.3, 0.4) is 0 Å². The van der Waals surface area contributed by atoms with Gasteiger partial charge in [0.15, 0.2) is 0 Å². The summed E-state index contributed by atoms with van der Waals surface area (Å²) in [4.78, 5) is 2.10. The Balaban J connectivity index is 2.14. The average Bonchev–Trinajstić information content (AvgIpc) is 2.29. The molecular weight excluding hydrogens is 229 g/mol. The van der Waals surface area contributed by atoms with Gasteiger partial charge >= 0.3 is 0 Å². The highest BCUT2D eigenvalue weighted by Gasteiger charge is 2.21. The van der Waals surface area contributed by atoms with E-state index in [9.17, 15) is 9.50 Å². The maximum Gasteiger partial charge on any atom is 0.146 e. The van der Waals surface area contributed by atoms with Crippen molar-refractivity contribution in [1.29, 1.82) is 0 Å². The van der Waals surface area contributed by atoms with Gasteiger partial charge in [-0.3, -0.25) is 0 Å². The minimum absolute atomic E-state index is 0.227. The lowest BCUT2D eigenvalue weighted by Gasteiger charge is -2.33. The standard InChI is InChI=1S/C15H22FNO/c1-3-17(10-12-5-4-6-12)15-8-7-13(11(2)18)9-14(15)16/h7-9,11-12,18H,3-6,10H2,1-2H3. The summed E-state index contributed by atoms with van der Waals surface area (Å²) < 4.78 is 14.1. The van der Waals surface area contributed by atoms with Gasteiger partial charge in [0.25, 0.3) is 0 Å². The molecule has 0 aromatic heterocycles. The predicted octanol–water partition coefficient (Wildman–Crippen LogP) is 3.51. The lowest BCUT2D eigenvalue weighted by molar-refractivity contribution is 0.199. The van der Waals surface area contributed by atoms with E-state index in [2.05, 4.69) is 11.8 Å². The molecule has 0 aliphatic heterocycles. The molecule has 3 heteroatoms. The van der Waals surface area contributed by atoms with Gasteiger partial charge in [-0.05, 0) is 50.3 Å². The topological polar surface area (TPSA) is 23.5 Å². The first-order valence-electron chi connectivity index (χ1n) is 6.84. The summed E-state index contributed by atoms with van der Waals surface area (Å²) in [6.45, 7) is 5.48. The van der Waals surface area contributed by atoms with Gasteiger partial charge in [0.05, 0.1) is 11.8 Å². The minimum atomic E-state index is -0.616. The third-order valence-corrected chi connectivity index (χ3v) is 3.88. The maximum atomic E-state index is 14.1. The minimum Gasteiger partial charge on any atom is -0.389 e. The first kappa shape index (κ1) is 13.3. The van der Waals surface area contributed by atoms with Gasteiger partial charge in [0.2, 0.25) is 0 Å². The molecule has 0 radical (unpaired) electrons. The molecule has 2 nitrogen and oxygen atoms in total. The van der Waals surface area contributed by atoms with E-state index in [4.69, 9.17) is 0 Å². The fourth-order valence-corrected chi connectivity index (χ4v) is 2.42. The largest absolute Gasteiger partial charge is 0.389 e. The molecule has 1 aliphatic carbocycles. The zero-order chi connectivity index (χ0) is 13.1. The average molecular weight is 251 g/mol. The predicted molar refractivity (Wildman–Crippen MR) is 72.3 cm³/mol. The zero-order valence-corrected chi connectivity index (χ0v) is 11.2. The number of hydrogen-bond donors (Lipinski definition) is 1. The summed E-state index contributed by atoms with van der Waals surface area (Å²) in [7, 11) is 0. The number of nitrogens with zero attached hydrogens (tertiary/aromatic N) is 1. The van der Waals surface area contributed by atoms with Crippen molar-refractivity contribution in [3.63, 3.8) is 0 Å². The van der Waals surface area contributed by atoms with E-state index < -0.39 is 6.10 Å². The molecule has 1 saturated carbocycles. The lowest BCUT2D eigenvalue weighted by Crippen LogP contribution is -2.33. The molecule has 0 saturated heterocycles. The number of rotatable bonds is 5. The van der Waals surface area contributed by atoms with Crippen LogP contribution in [-0.4, -0.2) is 18.2 Å². The highest BCUT2D eigenvalue weighted by Crippen LogP contribution is 2.30. The van der Waals surface area contributed by atoms with Crippen molar-refractivity contribution in [3.05, 3.63) is 29.6 Å². The van der Waals surface area contributed by atoms with Crippen LogP contribution in [-0.2, 0) is 0 Å². The number of aliphatic hydroxyl groups is 1. The number of halogens is 1. The Morgan fingerprint density at radius 3 is 2.61 bits per heavy atom. The van der Waals surface area contributed by atoms with Crippen molar-refractivity contribution in [2.45, 2.75) is 39.2 Å². The molecule has 0 heterocycles. The van der Waals surface area contributed by atoms with Crippen molar-refractivity contribution < 1.29 is 9.50 Å². The van der Waals surface area contributed by atoms with E-state index in [1.807, 2.05) is 6.07 Å². The normalized spacial score (nSPS) is 17.3. The van der Waals surface area contributed by atoms with Gasteiger partial charge in [0.1, 0.15) is 5.82 Å². The van der Waals surface area contributed by atoms with Crippen LogP contribution in [0.5, 0.6) is 0 Å². The highest BCUT2D eigenvalue weighted by atomic mass is 19.1. The van der Waals surface area contributed by atoms with Crippen LogP contribution < -0.4 is 4.90 Å². The van der Waals surface area contributed by atoms with Crippen LogP contribution in [0.15, 0.2) is 18.2 Å². The SMILES string of the molecule is CCN(CC1CCC1)c1ccc(C(C)O)cc1F. The molecule has 0 spiro atoms. The summed E-state index contributed by atoms with van der Waals surface area (Å²) in [6, 6.07) is 5.05. The Morgan fingerprint density at radius 1 is 1.44 bits per heavy atom. The van der Waals surface area contributed by atoms with E-state index in [1.54, 1.807) is 13.0 Å². The van der Waals surface area contributed by atoms with E-state index in [-0.39, 0.29) is 5.82 Å². The van der Waals surface area contributed by atoms with Crippen LogP contribution in [0.4, 0.5) is 10.1 Å². The molecule has 2 rings (SSSR count). The Labute approximate surface area is 108 Å². The van der Waals surface area contributed by atoms with E-state index in [1.165, 1.54) is 25.3 Å². The molecule has 1 fully saturated rings. The summed E-state index contributed by atoms with van der Waals surface area (Å²) in [5, 5.41) is 9.45. The van der Waals surface area contributed by atoms with Gasteiger partial charge in [-0.2, -0.15) is 0 Å². The number of aliphatic hydroxyl groups excluding tert-OH is 1. The van der Waals surface area contributed by atoms with Crippen molar-refractivity contribution in [2.24, 2.45) is 5.92 Å². The smallest absolute Gasteiger partial charge is 0.146 e. The third-order valence-electron chi connectivity index (χ3n) is 3.88. The fourth-order valence-electron chi connectivity index (χ4n) is 2.42. The van der Waals surface area contributed by atoms with E-state index >= 15 is 0 Å². The Hall–Kier alpha value is -1.09. The molecule has 18 heavy (non-hydrogen) atoms. The molecule has 100 valence electrons. The van der Waals surface area contributed by atoms with Crippen molar-refractivity contribution >= 4 is 5.69 Å². The molecule has 1 aromatic carbocycles.